The number of carbonyl (C=O) groups is 1. The molecule has 8 heavy (non-hydrogen) atoms. The van der Waals surface area contributed by atoms with Crippen LogP contribution < -0.4 is 0 Å². The van der Waals surface area contributed by atoms with Crippen molar-refractivity contribution in [3.8, 4) is 0 Å². The van der Waals surface area contributed by atoms with Crippen LogP contribution in [-0.4, -0.2) is 13.4 Å². The van der Waals surface area contributed by atoms with E-state index in [4.69, 9.17) is 3.56 Å². The van der Waals surface area contributed by atoms with E-state index in [0.717, 1.165) is 11.3 Å². The summed E-state index contributed by atoms with van der Waals surface area (Å²) in [5.74, 6) is 0. The first kappa shape index (κ1) is 8.25. The average Bonchev–Trinajstić information content (AvgIpc) is 1.83. The fraction of sp³-hybridized carbons (Fsp3) is 0.800. The summed E-state index contributed by atoms with van der Waals surface area (Å²) >= 11 is -1.51. The molecule has 0 aromatic carbocycles. The Bertz CT molecular complexity index is 65.4. The van der Waals surface area contributed by atoms with Crippen LogP contribution in [0.25, 0.3) is 0 Å². The van der Waals surface area contributed by atoms with Crippen molar-refractivity contribution in [1.82, 2.24) is 0 Å². The molecule has 0 aromatic heterocycles. The van der Waals surface area contributed by atoms with Crippen LogP contribution in [0.15, 0.2) is 0 Å². The molecule has 0 fully saturated rings. The standard InChI is InChI=1S/C3H5O.CH3O.CH3.Zn/c1-2-3-4;1-2;;/h3H,1-2H2;1H3;1H3;/q;-1;;+1. The quantitative estimate of drug-likeness (QED) is 0.466. The molecule has 0 aliphatic carbocycles. The van der Waals surface area contributed by atoms with E-state index in [-0.39, 0.29) is 0 Å². The Morgan fingerprint density at radius 3 is 2.75 bits per heavy atom. The third kappa shape index (κ3) is 4.41. The van der Waals surface area contributed by atoms with Gasteiger partial charge in [-0.1, -0.05) is 0 Å². The van der Waals surface area contributed by atoms with Crippen molar-refractivity contribution < 1.29 is 24.7 Å². The van der Waals surface area contributed by atoms with Crippen molar-refractivity contribution in [3.05, 3.63) is 0 Å². The molecule has 0 radical (unpaired) electrons. The molecule has 0 saturated heterocycles. The normalized spacial score (nSPS) is 8.75. The molecule has 0 rings (SSSR count). The Balaban J connectivity index is 2.97. The molecule has 0 aromatic rings. The van der Waals surface area contributed by atoms with Crippen LogP contribution >= 0.6 is 0 Å². The SMILES string of the molecule is C[O][Zn]([CH3])[CH2]CC=O. The topological polar surface area (TPSA) is 26.3 Å². The molecule has 0 atom stereocenters. The first-order valence-corrected chi connectivity index (χ1v) is 9.32. The Labute approximate surface area is 55.5 Å². The summed E-state index contributed by atoms with van der Waals surface area (Å²) in [6.07, 6.45) is 1.66. The van der Waals surface area contributed by atoms with Crippen LogP contribution in [0.2, 0.25) is 10.5 Å². The van der Waals surface area contributed by atoms with Gasteiger partial charge in [0, 0.05) is 0 Å². The van der Waals surface area contributed by atoms with Gasteiger partial charge in [0.2, 0.25) is 0 Å². The predicted molar refractivity (Wildman–Crippen MR) is 28.4 cm³/mol. The van der Waals surface area contributed by atoms with Gasteiger partial charge in [-0.05, 0) is 0 Å². The second kappa shape index (κ2) is 5.39. The maximum absolute atomic E-state index is 9.80. The van der Waals surface area contributed by atoms with Gasteiger partial charge in [0.15, 0.2) is 0 Å². The number of aldehydes is 1. The van der Waals surface area contributed by atoms with Gasteiger partial charge in [0.25, 0.3) is 0 Å². The van der Waals surface area contributed by atoms with Gasteiger partial charge in [-0.15, -0.1) is 0 Å². The monoisotopic (exact) mass is 167 g/mol. The Morgan fingerprint density at radius 1 is 1.75 bits per heavy atom. The number of carbonyl (C=O) groups excluding carboxylic acids is 1. The van der Waals surface area contributed by atoms with Crippen LogP contribution in [0.3, 0.4) is 0 Å². The predicted octanol–water partition coefficient (Wildman–Crippen LogP) is 1.22. The van der Waals surface area contributed by atoms with Crippen molar-refractivity contribution in [3.63, 3.8) is 0 Å². The van der Waals surface area contributed by atoms with Crippen LogP contribution in [-0.2, 0) is 24.7 Å². The van der Waals surface area contributed by atoms with E-state index in [1.807, 2.05) is 0 Å². The van der Waals surface area contributed by atoms with Gasteiger partial charge >= 0.3 is 55.0 Å². The van der Waals surface area contributed by atoms with Crippen molar-refractivity contribution in [2.45, 2.75) is 17.0 Å². The van der Waals surface area contributed by atoms with Gasteiger partial charge in [-0.3, -0.25) is 0 Å². The van der Waals surface area contributed by atoms with Crippen molar-refractivity contribution >= 4 is 6.29 Å². The summed E-state index contributed by atoms with van der Waals surface area (Å²) in [5.41, 5.74) is 2.16. The molecule has 3 heteroatoms. The van der Waals surface area contributed by atoms with Gasteiger partial charge in [0.1, 0.15) is 0 Å². The molecule has 0 heterocycles. The second-order valence-electron chi connectivity index (χ2n) is 2.09. The molecule has 0 saturated carbocycles. The van der Waals surface area contributed by atoms with Crippen molar-refractivity contribution in [2.24, 2.45) is 0 Å². The zero-order valence-electron chi connectivity index (χ0n) is 5.52. The van der Waals surface area contributed by atoms with Crippen LogP contribution in [0, 0.1) is 0 Å². The van der Waals surface area contributed by atoms with Crippen LogP contribution in [0.4, 0.5) is 0 Å². The van der Waals surface area contributed by atoms with E-state index >= 15 is 0 Å². The number of rotatable bonds is 4. The third-order valence-corrected chi connectivity index (χ3v) is 6.33. The first-order valence-electron chi connectivity index (χ1n) is 3.05. The summed E-state index contributed by atoms with van der Waals surface area (Å²) in [5, 5.41) is 1.04. The molecule has 0 bridgehead atoms. The molecule has 2 nitrogen and oxygen atoms in total. The Morgan fingerprint density at radius 2 is 2.38 bits per heavy atom. The summed E-state index contributed by atoms with van der Waals surface area (Å²) in [6, 6.07) is 0. The molecule has 0 unspecified atom stereocenters. The molecule has 0 aliphatic heterocycles. The van der Waals surface area contributed by atoms with Gasteiger partial charge < -0.3 is 0 Å². The summed E-state index contributed by atoms with van der Waals surface area (Å²) in [7, 11) is 1.74. The van der Waals surface area contributed by atoms with Crippen LogP contribution in [0.1, 0.15) is 6.42 Å². The molecule has 0 amide bonds. The zero-order chi connectivity index (χ0) is 6.41. The molecule has 45 valence electrons. The van der Waals surface area contributed by atoms with E-state index in [9.17, 15) is 4.79 Å². The van der Waals surface area contributed by atoms with Crippen LogP contribution in [0.5, 0.6) is 0 Å². The van der Waals surface area contributed by atoms with Gasteiger partial charge in [-0.25, -0.2) is 0 Å². The average molecular weight is 169 g/mol. The molecule has 0 aliphatic rings. The molecule has 0 N–H and O–H groups in total. The Kier molecular flexibility index (Phi) is 5.56. The minimum atomic E-state index is -1.51. The van der Waals surface area contributed by atoms with Crippen molar-refractivity contribution in [1.29, 1.82) is 0 Å². The minimum absolute atomic E-state index is 0.699. The van der Waals surface area contributed by atoms with Crippen molar-refractivity contribution in [2.75, 3.05) is 7.11 Å². The first-order chi connectivity index (χ1) is 3.81. The fourth-order valence-electron chi connectivity index (χ4n) is 0.515. The number of hydrogen-bond donors (Lipinski definition) is 0. The Hall–Kier alpha value is 0.253. The summed E-state index contributed by atoms with van der Waals surface area (Å²) in [4.78, 5) is 9.80. The summed E-state index contributed by atoms with van der Waals surface area (Å²) < 4.78 is 5.10. The van der Waals surface area contributed by atoms with Gasteiger partial charge in [0.05, 0.1) is 0 Å². The van der Waals surface area contributed by atoms with E-state index in [0.29, 0.717) is 6.42 Å². The van der Waals surface area contributed by atoms with E-state index < -0.39 is 16.3 Å². The van der Waals surface area contributed by atoms with E-state index in [1.165, 1.54) is 0 Å². The zero-order valence-corrected chi connectivity index (χ0v) is 8.48. The molecular weight excluding hydrogens is 157 g/mol. The molecular formula is C5H11O2Zn. The second-order valence-corrected chi connectivity index (χ2v) is 8.95. The summed E-state index contributed by atoms with van der Waals surface area (Å²) in [6.45, 7) is 0. The third-order valence-electron chi connectivity index (χ3n) is 1.31. The van der Waals surface area contributed by atoms with Gasteiger partial charge in [-0.2, -0.15) is 0 Å². The fourth-order valence-corrected chi connectivity index (χ4v) is 2.68. The van der Waals surface area contributed by atoms with E-state index in [2.05, 4.69) is 5.52 Å². The maximum atomic E-state index is 9.80. The molecule has 0 spiro atoms. The number of hydrogen-bond acceptors (Lipinski definition) is 2. The van der Waals surface area contributed by atoms with E-state index in [1.54, 1.807) is 7.11 Å².